The van der Waals surface area contributed by atoms with Crippen LogP contribution in [0.1, 0.15) is 29.7 Å². The van der Waals surface area contributed by atoms with E-state index in [1.807, 2.05) is 18.5 Å². The number of benzene rings is 1. The van der Waals surface area contributed by atoms with Crippen molar-refractivity contribution in [1.29, 1.82) is 0 Å². The fourth-order valence-corrected chi connectivity index (χ4v) is 5.88. The Labute approximate surface area is 211 Å². The Balaban J connectivity index is 0.00000289. The third-order valence-electron chi connectivity index (χ3n) is 6.93. The number of halogens is 4. The molecule has 7 nitrogen and oxygen atoms in total. The summed E-state index contributed by atoms with van der Waals surface area (Å²) in [5.74, 6) is 2.44. The molecule has 0 radical (unpaired) electrons. The van der Waals surface area contributed by atoms with E-state index in [9.17, 15) is 13.2 Å². The van der Waals surface area contributed by atoms with Crippen molar-refractivity contribution in [2.75, 3.05) is 32.5 Å². The second-order valence-electron chi connectivity index (χ2n) is 9.04. The van der Waals surface area contributed by atoms with E-state index in [4.69, 9.17) is 9.15 Å². The average Bonchev–Trinajstić information content (AvgIpc) is 3.09. The van der Waals surface area contributed by atoms with E-state index >= 15 is 0 Å². The van der Waals surface area contributed by atoms with Crippen LogP contribution in [0.5, 0.6) is 5.75 Å². The molecule has 12 heteroatoms. The molecule has 1 aliphatic heterocycles. The number of aryl methyl sites for hydroxylation is 1. The highest BCUT2D eigenvalue weighted by atomic mass is 35.5. The largest absolute Gasteiger partial charge is 0.496 e. The molecule has 5 rings (SSSR count). The number of rotatable bonds is 8. The Morgan fingerprint density at radius 3 is 2.77 bits per heavy atom. The molecule has 0 bridgehead atoms. The summed E-state index contributed by atoms with van der Waals surface area (Å²) in [5.41, 5.74) is 0.697. The summed E-state index contributed by atoms with van der Waals surface area (Å²) in [6.45, 7) is 4.49. The van der Waals surface area contributed by atoms with Crippen molar-refractivity contribution in [3.8, 4) is 17.3 Å². The Morgan fingerprint density at radius 2 is 2.09 bits per heavy atom. The fourth-order valence-electron chi connectivity index (χ4n) is 5.05. The smallest absolute Gasteiger partial charge is 0.419 e. The third-order valence-corrected chi connectivity index (χ3v) is 8.04. The highest BCUT2D eigenvalue weighted by Gasteiger charge is 2.60. The average molecular weight is 530 g/mol. The van der Waals surface area contributed by atoms with Gasteiger partial charge in [-0.1, -0.05) is 17.8 Å². The van der Waals surface area contributed by atoms with Gasteiger partial charge in [-0.15, -0.1) is 22.6 Å². The quantitative estimate of drug-likeness (QED) is 0.301. The highest BCUT2D eigenvalue weighted by Crippen LogP contribution is 2.59. The van der Waals surface area contributed by atoms with Crippen molar-refractivity contribution < 1.29 is 22.3 Å². The third kappa shape index (κ3) is 4.77. The number of methoxy groups -OCH3 is 1. The summed E-state index contributed by atoms with van der Waals surface area (Å²) in [4.78, 5) is 6.47. The van der Waals surface area contributed by atoms with Crippen LogP contribution in [0.25, 0.3) is 11.6 Å². The second-order valence-corrected chi connectivity index (χ2v) is 10.1. The number of ether oxygens (including phenoxy) is 1. The number of alkyl halides is 3. The van der Waals surface area contributed by atoms with Crippen molar-refractivity contribution in [2.24, 2.45) is 13.0 Å². The summed E-state index contributed by atoms with van der Waals surface area (Å²) in [6.07, 6.45) is -1.13. The molecule has 0 unspecified atom stereocenters. The van der Waals surface area contributed by atoms with E-state index in [0.717, 1.165) is 54.6 Å². The van der Waals surface area contributed by atoms with Gasteiger partial charge in [0, 0.05) is 31.3 Å². The molecule has 0 spiro atoms. The van der Waals surface area contributed by atoms with Crippen LogP contribution in [0.4, 0.5) is 13.2 Å². The summed E-state index contributed by atoms with van der Waals surface area (Å²) < 4.78 is 52.7. The van der Waals surface area contributed by atoms with Crippen LogP contribution >= 0.6 is 24.2 Å². The number of aromatic nitrogens is 4. The van der Waals surface area contributed by atoms with Gasteiger partial charge < -0.3 is 18.6 Å². The van der Waals surface area contributed by atoms with Crippen molar-refractivity contribution >= 4 is 24.2 Å². The molecule has 190 valence electrons. The minimum atomic E-state index is -4.43. The number of oxazole rings is 1. The van der Waals surface area contributed by atoms with Crippen molar-refractivity contribution in [3.05, 3.63) is 41.4 Å². The van der Waals surface area contributed by atoms with Crippen LogP contribution in [0.2, 0.25) is 0 Å². The SMILES string of the molecule is COc1ccc([C@@]23C[C@@H]2CN(CCCSc2nnc(-c4ocnc4C)n2C)C3)cc1C(F)(F)F.Cl. The van der Waals surface area contributed by atoms with Gasteiger partial charge in [0.2, 0.25) is 5.82 Å². The molecule has 1 aromatic carbocycles. The number of hydrogen-bond acceptors (Lipinski definition) is 7. The lowest BCUT2D eigenvalue weighted by atomic mass is 9.93. The molecule has 0 N–H and O–H groups in total. The Bertz CT molecular complexity index is 1200. The van der Waals surface area contributed by atoms with E-state index in [0.29, 0.717) is 17.5 Å². The number of piperidine rings is 1. The van der Waals surface area contributed by atoms with E-state index in [2.05, 4.69) is 20.1 Å². The molecule has 2 aromatic heterocycles. The maximum absolute atomic E-state index is 13.5. The van der Waals surface area contributed by atoms with Crippen LogP contribution in [0.15, 0.2) is 34.2 Å². The predicted octanol–water partition coefficient (Wildman–Crippen LogP) is 4.98. The summed E-state index contributed by atoms with van der Waals surface area (Å²) >= 11 is 1.63. The van der Waals surface area contributed by atoms with Gasteiger partial charge >= 0.3 is 6.18 Å². The Kier molecular flexibility index (Phi) is 7.14. The van der Waals surface area contributed by atoms with Gasteiger partial charge in [0.1, 0.15) is 5.75 Å². The van der Waals surface area contributed by atoms with Crippen molar-refractivity contribution in [1.82, 2.24) is 24.6 Å². The first kappa shape index (κ1) is 25.8. The first-order chi connectivity index (χ1) is 16.2. The van der Waals surface area contributed by atoms with Gasteiger partial charge in [0.05, 0.1) is 18.4 Å². The van der Waals surface area contributed by atoms with Gasteiger partial charge in [-0.3, -0.25) is 0 Å². The maximum atomic E-state index is 13.5. The molecular formula is C23H27ClF3N5O2S. The fraction of sp³-hybridized carbons (Fsp3) is 0.522. The zero-order valence-electron chi connectivity index (χ0n) is 19.6. The summed E-state index contributed by atoms with van der Waals surface area (Å²) in [5, 5.41) is 9.31. The topological polar surface area (TPSA) is 69.2 Å². The van der Waals surface area contributed by atoms with Gasteiger partial charge in [0.15, 0.2) is 17.3 Å². The molecule has 0 amide bonds. The molecule has 3 aromatic rings. The Hall–Kier alpha value is -2.24. The monoisotopic (exact) mass is 529 g/mol. The zero-order valence-corrected chi connectivity index (χ0v) is 21.3. The molecule has 3 heterocycles. The second kappa shape index (κ2) is 9.67. The highest BCUT2D eigenvalue weighted by molar-refractivity contribution is 7.99. The molecule has 2 aliphatic rings. The summed E-state index contributed by atoms with van der Waals surface area (Å²) in [7, 11) is 3.18. The van der Waals surface area contributed by atoms with E-state index in [1.165, 1.54) is 25.6 Å². The Morgan fingerprint density at radius 1 is 1.29 bits per heavy atom. The molecule has 2 fully saturated rings. The molecule has 2 atom stereocenters. The number of thioether (sulfide) groups is 1. The van der Waals surface area contributed by atoms with Crippen LogP contribution in [-0.2, 0) is 18.6 Å². The van der Waals surface area contributed by atoms with Gasteiger partial charge in [0.25, 0.3) is 0 Å². The molecular weight excluding hydrogens is 503 g/mol. The first-order valence-electron chi connectivity index (χ1n) is 11.1. The van der Waals surface area contributed by atoms with E-state index < -0.39 is 11.7 Å². The maximum Gasteiger partial charge on any atom is 0.419 e. The first-order valence-corrected chi connectivity index (χ1v) is 12.1. The minimum Gasteiger partial charge on any atom is -0.496 e. The molecule has 1 aliphatic carbocycles. The number of nitrogens with zero attached hydrogens (tertiary/aromatic N) is 5. The zero-order chi connectivity index (χ0) is 24.1. The van der Waals surface area contributed by atoms with Crippen LogP contribution in [0.3, 0.4) is 0 Å². The van der Waals surface area contributed by atoms with Crippen LogP contribution in [0, 0.1) is 12.8 Å². The number of likely N-dealkylation sites (tertiary alicyclic amines) is 1. The van der Waals surface area contributed by atoms with Gasteiger partial charge in [-0.05, 0) is 49.9 Å². The normalized spacial score (nSPS) is 21.6. The minimum absolute atomic E-state index is 0. The van der Waals surface area contributed by atoms with Gasteiger partial charge in [-0.2, -0.15) is 13.2 Å². The summed E-state index contributed by atoms with van der Waals surface area (Å²) in [6, 6.07) is 4.55. The van der Waals surface area contributed by atoms with Crippen LogP contribution < -0.4 is 4.74 Å². The van der Waals surface area contributed by atoms with Crippen LogP contribution in [-0.4, -0.2) is 57.1 Å². The van der Waals surface area contributed by atoms with Crippen molar-refractivity contribution in [2.45, 2.75) is 36.5 Å². The van der Waals surface area contributed by atoms with E-state index in [1.54, 1.807) is 17.8 Å². The number of hydrogen-bond donors (Lipinski definition) is 0. The number of fused-ring (bicyclic) bond motifs is 1. The standard InChI is InChI=1S/C23H26F3N5O2S.ClH/c1-14-19(33-13-27-14)20-28-29-21(30(20)2)34-8-4-7-31-11-16-10-22(16,12-31)15-5-6-18(32-3)17(9-15)23(24,25)26;/h5-6,9,13,16H,4,7-8,10-12H2,1-3H3;1H/t16-,22+;/m1./s1. The lowest BCUT2D eigenvalue weighted by Gasteiger charge is -2.22. The molecule has 1 saturated carbocycles. The van der Waals surface area contributed by atoms with Crippen molar-refractivity contribution in [3.63, 3.8) is 0 Å². The predicted molar refractivity (Wildman–Crippen MR) is 128 cm³/mol. The van der Waals surface area contributed by atoms with Gasteiger partial charge in [-0.25, -0.2) is 4.98 Å². The lowest BCUT2D eigenvalue weighted by molar-refractivity contribution is -0.138. The molecule has 35 heavy (non-hydrogen) atoms. The lowest BCUT2D eigenvalue weighted by Crippen LogP contribution is -2.28. The molecule has 1 saturated heterocycles. The van der Waals surface area contributed by atoms with E-state index in [-0.39, 0.29) is 23.6 Å².